The van der Waals surface area contributed by atoms with Crippen LogP contribution in [0.5, 0.6) is 5.75 Å². The summed E-state index contributed by atoms with van der Waals surface area (Å²) in [7, 11) is 0. The Morgan fingerprint density at radius 1 is 1.53 bits per heavy atom. The fourth-order valence-corrected chi connectivity index (χ4v) is 1.71. The van der Waals surface area contributed by atoms with Gasteiger partial charge >= 0.3 is 5.97 Å². The van der Waals surface area contributed by atoms with E-state index in [1.165, 1.54) is 6.07 Å². The lowest BCUT2D eigenvalue weighted by molar-refractivity contribution is 0.0695. The Labute approximate surface area is 87.1 Å². The van der Waals surface area contributed by atoms with E-state index in [-0.39, 0.29) is 18.3 Å². The van der Waals surface area contributed by atoms with Gasteiger partial charge in [-0.25, -0.2) is 4.79 Å². The highest BCUT2D eigenvalue weighted by atomic mass is 16.5. The number of carboxylic acid groups (broad SMARTS) is 1. The molecule has 0 radical (unpaired) electrons. The number of ether oxygens (including phenoxy) is 1. The summed E-state index contributed by atoms with van der Waals surface area (Å²) >= 11 is 0. The molecule has 0 spiro atoms. The summed E-state index contributed by atoms with van der Waals surface area (Å²) in [6, 6.07) is 4.80. The summed E-state index contributed by atoms with van der Waals surface area (Å²) in [5.41, 5.74) is 1.18. The van der Waals surface area contributed by atoms with Crippen LogP contribution >= 0.6 is 0 Å². The van der Waals surface area contributed by atoms with E-state index in [1.807, 2.05) is 0 Å². The number of carboxylic acids is 1. The Balaban J connectivity index is 2.28. The van der Waals surface area contributed by atoms with E-state index in [2.05, 4.69) is 0 Å². The minimum Gasteiger partial charge on any atom is -0.488 e. The number of hydrogen-bond donors (Lipinski definition) is 2. The number of aliphatic hydroxyl groups is 1. The Morgan fingerprint density at radius 3 is 3.00 bits per heavy atom. The van der Waals surface area contributed by atoms with Crippen molar-refractivity contribution in [3.05, 3.63) is 29.3 Å². The number of aryl methyl sites for hydroxylation is 1. The first-order valence-corrected chi connectivity index (χ1v) is 4.84. The van der Waals surface area contributed by atoms with Gasteiger partial charge < -0.3 is 14.9 Å². The highest BCUT2D eigenvalue weighted by molar-refractivity contribution is 5.88. The van der Waals surface area contributed by atoms with E-state index >= 15 is 0 Å². The molecule has 1 heterocycles. The van der Waals surface area contributed by atoms with Crippen LogP contribution in [0.2, 0.25) is 0 Å². The smallest absolute Gasteiger partial charge is 0.335 e. The highest BCUT2D eigenvalue weighted by Crippen LogP contribution is 2.28. The largest absolute Gasteiger partial charge is 0.488 e. The third kappa shape index (κ3) is 1.94. The molecule has 0 aromatic heterocycles. The minimum atomic E-state index is -0.929. The molecule has 2 rings (SSSR count). The summed E-state index contributed by atoms with van der Waals surface area (Å²) in [6.45, 7) is 0.000121. The molecule has 2 N–H and O–H groups in total. The van der Waals surface area contributed by atoms with Crippen molar-refractivity contribution in [1.82, 2.24) is 0 Å². The van der Waals surface area contributed by atoms with E-state index in [4.69, 9.17) is 14.9 Å². The Hall–Kier alpha value is -1.55. The van der Waals surface area contributed by atoms with Crippen LogP contribution < -0.4 is 4.74 Å². The molecule has 1 aromatic carbocycles. The second-order valence-electron chi connectivity index (χ2n) is 3.59. The molecule has 0 fully saturated rings. The average Bonchev–Trinajstić information content (AvgIpc) is 2.27. The number of fused-ring (bicyclic) bond motifs is 1. The Morgan fingerprint density at radius 2 is 2.33 bits per heavy atom. The normalized spacial score (nSPS) is 19.1. The van der Waals surface area contributed by atoms with E-state index in [9.17, 15) is 4.79 Å². The van der Waals surface area contributed by atoms with Crippen molar-refractivity contribution in [3.63, 3.8) is 0 Å². The third-order valence-electron chi connectivity index (χ3n) is 2.54. The standard InChI is InChI=1S/C11H12O4/c12-6-9-3-1-7-5-8(11(13)14)2-4-10(7)15-9/h2,4-5,9,12H,1,3,6H2,(H,13,14). The van der Waals surface area contributed by atoms with Crippen molar-refractivity contribution < 1.29 is 19.7 Å². The van der Waals surface area contributed by atoms with Gasteiger partial charge in [-0.2, -0.15) is 0 Å². The van der Waals surface area contributed by atoms with Gasteiger partial charge in [-0.05, 0) is 36.6 Å². The lowest BCUT2D eigenvalue weighted by Crippen LogP contribution is -2.26. The van der Waals surface area contributed by atoms with Gasteiger partial charge in [0.1, 0.15) is 11.9 Å². The molecule has 1 aliphatic heterocycles. The zero-order chi connectivity index (χ0) is 10.8. The highest BCUT2D eigenvalue weighted by Gasteiger charge is 2.19. The van der Waals surface area contributed by atoms with E-state index in [0.717, 1.165) is 18.4 Å². The Kier molecular flexibility index (Phi) is 2.60. The fourth-order valence-electron chi connectivity index (χ4n) is 1.71. The number of aliphatic hydroxyl groups excluding tert-OH is 1. The number of aromatic carboxylic acids is 1. The van der Waals surface area contributed by atoms with Gasteiger partial charge in [0.25, 0.3) is 0 Å². The van der Waals surface area contributed by atoms with Gasteiger partial charge in [0.2, 0.25) is 0 Å². The molecule has 4 heteroatoms. The van der Waals surface area contributed by atoms with Gasteiger partial charge in [0.15, 0.2) is 0 Å². The maximum absolute atomic E-state index is 10.7. The molecule has 0 bridgehead atoms. The second-order valence-corrected chi connectivity index (χ2v) is 3.59. The molecular weight excluding hydrogens is 196 g/mol. The number of carbonyl (C=O) groups is 1. The van der Waals surface area contributed by atoms with Crippen LogP contribution in [0.25, 0.3) is 0 Å². The average molecular weight is 208 g/mol. The lowest BCUT2D eigenvalue weighted by Gasteiger charge is -2.24. The summed E-state index contributed by atoms with van der Waals surface area (Å²) in [6.07, 6.45) is 1.32. The first kappa shape index (κ1) is 9.98. The maximum Gasteiger partial charge on any atom is 0.335 e. The fraction of sp³-hybridized carbons (Fsp3) is 0.364. The quantitative estimate of drug-likeness (QED) is 0.763. The van der Waals surface area contributed by atoms with Gasteiger partial charge in [0, 0.05) is 0 Å². The van der Waals surface area contributed by atoms with Crippen molar-refractivity contribution in [3.8, 4) is 5.75 Å². The van der Waals surface area contributed by atoms with Crippen molar-refractivity contribution in [2.24, 2.45) is 0 Å². The number of rotatable bonds is 2. The van der Waals surface area contributed by atoms with Crippen LogP contribution in [0.3, 0.4) is 0 Å². The molecule has 15 heavy (non-hydrogen) atoms. The first-order valence-electron chi connectivity index (χ1n) is 4.84. The van der Waals surface area contributed by atoms with Gasteiger partial charge in [0.05, 0.1) is 12.2 Å². The zero-order valence-electron chi connectivity index (χ0n) is 8.14. The predicted molar refractivity (Wildman–Crippen MR) is 53.2 cm³/mol. The molecule has 1 atom stereocenters. The first-order chi connectivity index (χ1) is 7.20. The van der Waals surface area contributed by atoms with Crippen LogP contribution in [0.1, 0.15) is 22.3 Å². The van der Waals surface area contributed by atoms with E-state index in [0.29, 0.717) is 5.75 Å². The minimum absolute atomic E-state index is 0.000121. The topological polar surface area (TPSA) is 66.8 Å². The lowest BCUT2D eigenvalue weighted by atomic mass is 10.0. The van der Waals surface area contributed by atoms with Gasteiger partial charge in [-0.15, -0.1) is 0 Å². The van der Waals surface area contributed by atoms with Crippen molar-refractivity contribution in [1.29, 1.82) is 0 Å². The molecule has 0 saturated heterocycles. The predicted octanol–water partition coefficient (Wildman–Crippen LogP) is 1.07. The monoisotopic (exact) mass is 208 g/mol. The summed E-state index contributed by atoms with van der Waals surface area (Å²) in [5.74, 6) is -0.243. The number of hydrogen-bond acceptors (Lipinski definition) is 3. The van der Waals surface area contributed by atoms with E-state index in [1.54, 1.807) is 12.1 Å². The molecule has 0 aliphatic carbocycles. The van der Waals surface area contributed by atoms with E-state index < -0.39 is 5.97 Å². The van der Waals surface area contributed by atoms with Crippen LogP contribution in [0.15, 0.2) is 18.2 Å². The summed E-state index contributed by atoms with van der Waals surface area (Å²) in [4.78, 5) is 10.7. The molecule has 0 amide bonds. The van der Waals surface area contributed by atoms with Crippen molar-refractivity contribution in [2.45, 2.75) is 18.9 Å². The van der Waals surface area contributed by atoms with Gasteiger partial charge in [-0.3, -0.25) is 0 Å². The molecule has 1 aliphatic rings. The van der Waals surface area contributed by atoms with Crippen molar-refractivity contribution in [2.75, 3.05) is 6.61 Å². The molecule has 4 nitrogen and oxygen atoms in total. The molecule has 1 aromatic rings. The molecular formula is C11H12O4. The molecule has 1 unspecified atom stereocenters. The summed E-state index contributed by atoms with van der Waals surface area (Å²) < 4.78 is 5.47. The zero-order valence-corrected chi connectivity index (χ0v) is 8.14. The van der Waals surface area contributed by atoms with Crippen LogP contribution in [-0.4, -0.2) is 28.9 Å². The summed E-state index contributed by atoms with van der Waals surface area (Å²) in [5, 5.41) is 17.7. The van der Waals surface area contributed by atoms with Crippen LogP contribution in [-0.2, 0) is 6.42 Å². The molecule has 80 valence electrons. The van der Waals surface area contributed by atoms with Crippen LogP contribution in [0, 0.1) is 0 Å². The molecule has 0 saturated carbocycles. The van der Waals surface area contributed by atoms with Crippen molar-refractivity contribution >= 4 is 5.97 Å². The maximum atomic E-state index is 10.7. The third-order valence-corrected chi connectivity index (χ3v) is 2.54. The van der Waals surface area contributed by atoms with Gasteiger partial charge in [-0.1, -0.05) is 0 Å². The second kappa shape index (κ2) is 3.90. The SMILES string of the molecule is O=C(O)c1ccc2c(c1)CCC(CO)O2. The van der Waals surface area contributed by atoms with Crippen LogP contribution in [0.4, 0.5) is 0 Å². The number of benzene rings is 1. The Bertz CT molecular complexity index is 386.